The maximum absolute atomic E-state index is 12.8. The van der Waals surface area contributed by atoms with Crippen molar-refractivity contribution in [3.63, 3.8) is 0 Å². The molecular formula is C25H27N3O4S. The number of carbonyl (C=O) groups excluding carboxylic acids is 1. The first-order chi connectivity index (χ1) is 15.9. The van der Waals surface area contributed by atoms with Gasteiger partial charge in [0.05, 0.1) is 17.2 Å². The molecule has 8 heteroatoms. The summed E-state index contributed by atoms with van der Waals surface area (Å²) < 4.78 is 29.1. The molecule has 172 valence electrons. The average Bonchev–Trinajstić information content (AvgIpc) is 3.57. The summed E-state index contributed by atoms with van der Waals surface area (Å²) in [7, 11) is -2.90. The molecule has 1 saturated carbocycles. The number of carbonyl (C=O) groups is 1. The molecule has 1 amide bonds. The summed E-state index contributed by atoms with van der Waals surface area (Å²) in [4.78, 5) is 19.6. The lowest BCUT2D eigenvalue weighted by molar-refractivity contribution is 0.102. The summed E-state index contributed by atoms with van der Waals surface area (Å²) in [5.74, 6) is 2.24. The number of anilines is 1. The second kappa shape index (κ2) is 8.76. The quantitative estimate of drug-likeness (QED) is 0.591. The van der Waals surface area contributed by atoms with Crippen LogP contribution in [0.25, 0.3) is 11.5 Å². The zero-order chi connectivity index (χ0) is 23.0. The van der Waals surface area contributed by atoms with Crippen LogP contribution in [0.3, 0.4) is 0 Å². The Bertz CT molecular complexity index is 1260. The van der Waals surface area contributed by atoms with Crippen molar-refractivity contribution in [3.8, 4) is 11.5 Å². The molecule has 2 aromatic carbocycles. The zero-order valence-corrected chi connectivity index (χ0v) is 19.4. The van der Waals surface area contributed by atoms with Crippen molar-refractivity contribution in [2.24, 2.45) is 0 Å². The maximum Gasteiger partial charge on any atom is 0.255 e. The average molecular weight is 466 g/mol. The van der Waals surface area contributed by atoms with E-state index in [0.717, 1.165) is 22.6 Å². The van der Waals surface area contributed by atoms with Gasteiger partial charge in [0.15, 0.2) is 9.84 Å². The summed E-state index contributed by atoms with van der Waals surface area (Å²) in [6.07, 6.45) is 2.36. The highest BCUT2D eigenvalue weighted by atomic mass is 32.2. The van der Waals surface area contributed by atoms with E-state index < -0.39 is 9.84 Å². The fraction of sp³-hybridized carbons (Fsp3) is 0.360. The molecule has 1 N–H and O–H groups in total. The van der Waals surface area contributed by atoms with E-state index in [1.807, 2.05) is 49.4 Å². The SMILES string of the molecule is Cc1oc(-c2ccc(NC(=O)c3cccc(CN4CCS(=O)(=O)CC4)c3)cc2)nc1C1CC1. The predicted molar refractivity (Wildman–Crippen MR) is 127 cm³/mol. The number of oxazole rings is 1. The maximum atomic E-state index is 12.8. The predicted octanol–water partition coefficient (Wildman–Crippen LogP) is 4.01. The van der Waals surface area contributed by atoms with Gasteiger partial charge in [-0.1, -0.05) is 12.1 Å². The van der Waals surface area contributed by atoms with Gasteiger partial charge in [0.25, 0.3) is 5.91 Å². The highest BCUT2D eigenvalue weighted by molar-refractivity contribution is 7.91. The van der Waals surface area contributed by atoms with Gasteiger partial charge >= 0.3 is 0 Å². The van der Waals surface area contributed by atoms with Crippen molar-refractivity contribution in [2.45, 2.75) is 32.2 Å². The summed E-state index contributed by atoms with van der Waals surface area (Å²) in [5, 5.41) is 2.94. The first kappa shape index (κ1) is 21.9. The third-order valence-electron chi connectivity index (χ3n) is 6.22. The number of aryl methyl sites for hydroxylation is 1. The van der Waals surface area contributed by atoms with Gasteiger partial charge in [-0.3, -0.25) is 9.69 Å². The largest absolute Gasteiger partial charge is 0.441 e. The van der Waals surface area contributed by atoms with Crippen LogP contribution in [0.5, 0.6) is 0 Å². The zero-order valence-electron chi connectivity index (χ0n) is 18.6. The Hall–Kier alpha value is -2.97. The number of hydrogen-bond donors (Lipinski definition) is 1. The molecule has 1 aliphatic heterocycles. The van der Waals surface area contributed by atoms with Gasteiger partial charge in [-0.2, -0.15) is 0 Å². The molecule has 2 fully saturated rings. The molecule has 2 aliphatic rings. The van der Waals surface area contributed by atoms with E-state index in [-0.39, 0.29) is 17.4 Å². The number of hydrogen-bond acceptors (Lipinski definition) is 6. The second-order valence-electron chi connectivity index (χ2n) is 8.89. The second-order valence-corrected chi connectivity index (χ2v) is 11.2. The molecular weight excluding hydrogens is 438 g/mol. The molecule has 0 bridgehead atoms. The molecule has 5 rings (SSSR count). The van der Waals surface area contributed by atoms with Crippen molar-refractivity contribution in [1.82, 2.24) is 9.88 Å². The van der Waals surface area contributed by atoms with Crippen LogP contribution in [-0.4, -0.2) is 48.8 Å². The number of amides is 1. The van der Waals surface area contributed by atoms with Gasteiger partial charge in [-0.25, -0.2) is 13.4 Å². The minimum absolute atomic E-state index is 0.186. The number of nitrogens with one attached hydrogen (secondary N) is 1. The van der Waals surface area contributed by atoms with Crippen molar-refractivity contribution in [2.75, 3.05) is 29.9 Å². The van der Waals surface area contributed by atoms with Crippen LogP contribution >= 0.6 is 0 Å². The van der Waals surface area contributed by atoms with Gasteiger partial charge < -0.3 is 9.73 Å². The molecule has 0 radical (unpaired) electrons. The molecule has 1 aliphatic carbocycles. The lowest BCUT2D eigenvalue weighted by atomic mass is 10.1. The minimum Gasteiger partial charge on any atom is -0.441 e. The van der Waals surface area contributed by atoms with Crippen LogP contribution in [0.2, 0.25) is 0 Å². The molecule has 1 aromatic heterocycles. The van der Waals surface area contributed by atoms with E-state index in [9.17, 15) is 13.2 Å². The Morgan fingerprint density at radius 2 is 1.85 bits per heavy atom. The molecule has 2 heterocycles. The van der Waals surface area contributed by atoms with Gasteiger partial charge in [0.2, 0.25) is 5.89 Å². The highest BCUT2D eigenvalue weighted by Gasteiger charge is 2.29. The lowest BCUT2D eigenvalue weighted by Crippen LogP contribution is -2.39. The van der Waals surface area contributed by atoms with Crippen LogP contribution in [0.1, 0.15) is 46.1 Å². The van der Waals surface area contributed by atoms with Crippen molar-refractivity contribution in [1.29, 1.82) is 0 Å². The van der Waals surface area contributed by atoms with Gasteiger partial charge in [0.1, 0.15) is 5.76 Å². The fourth-order valence-corrected chi connectivity index (χ4v) is 5.42. The van der Waals surface area contributed by atoms with Crippen LogP contribution < -0.4 is 5.32 Å². The molecule has 3 aromatic rings. The summed E-state index contributed by atoms with van der Waals surface area (Å²) in [5.41, 5.74) is 4.20. The normalized spacial score (nSPS) is 18.2. The smallest absolute Gasteiger partial charge is 0.255 e. The van der Waals surface area contributed by atoms with E-state index in [1.165, 1.54) is 12.8 Å². The van der Waals surface area contributed by atoms with E-state index in [0.29, 0.717) is 42.7 Å². The highest BCUT2D eigenvalue weighted by Crippen LogP contribution is 2.42. The lowest BCUT2D eigenvalue weighted by Gasteiger charge is -2.26. The molecule has 33 heavy (non-hydrogen) atoms. The first-order valence-corrected chi connectivity index (χ1v) is 13.1. The van der Waals surface area contributed by atoms with Gasteiger partial charge in [-0.05, 0) is 61.7 Å². The number of nitrogens with zero attached hydrogens (tertiary/aromatic N) is 2. The fourth-order valence-electron chi connectivity index (χ4n) is 4.14. The third kappa shape index (κ3) is 5.17. The topological polar surface area (TPSA) is 92.5 Å². The van der Waals surface area contributed by atoms with E-state index in [1.54, 1.807) is 6.07 Å². The van der Waals surface area contributed by atoms with Gasteiger partial charge in [-0.15, -0.1) is 0 Å². The number of rotatable bonds is 6. The molecule has 0 atom stereocenters. The molecule has 0 spiro atoms. The third-order valence-corrected chi connectivity index (χ3v) is 7.83. The van der Waals surface area contributed by atoms with E-state index in [4.69, 9.17) is 4.42 Å². The number of sulfone groups is 1. The Balaban J connectivity index is 1.22. The van der Waals surface area contributed by atoms with Crippen LogP contribution in [0, 0.1) is 6.92 Å². The Morgan fingerprint density at radius 1 is 1.12 bits per heavy atom. The summed E-state index contributed by atoms with van der Waals surface area (Å²) in [6, 6.07) is 15.0. The Morgan fingerprint density at radius 3 is 2.55 bits per heavy atom. The standard InChI is InChI=1S/C25H27N3O4S/c1-17-23(19-5-6-19)27-25(32-17)20-7-9-22(10-8-20)26-24(29)21-4-2-3-18(15-21)16-28-11-13-33(30,31)14-12-28/h2-4,7-10,15,19H,5-6,11-14,16H2,1H3,(H,26,29). The van der Waals surface area contributed by atoms with E-state index in [2.05, 4.69) is 15.2 Å². The number of benzene rings is 2. The van der Waals surface area contributed by atoms with Crippen molar-refractivity contribution in [3.05, 3.63) is 71.1 Å². The molecule has 7 nitrogen and oxygen atoms in total. The molecule has 1 saturated heterocycles. The first-order valence-electron chi connectivity index (χ1n) is 11.3. The van der Waals surface area contributed by atoms with Crippen molar-refractivity contribution < 1.29 is 17.6 Å². The van der Waals surface area contributed by atoms with Crippen LogP contribution in [0.15, 0.2) is 52.9 Å². The Labute approximate surface area is 193 Å². The van der Waals surface area contributed by atoms with E-state index >= 15 is 0 Å². The minimum atomic E-state index is -2.90. The summed E-state index contributed by atoms with van der Waals surface area (Å²) in [6.45, 7) is 3.64. The number of aromatic nitrogens is 1. The van der Waals surface area contributed by atoms with Crippen molar-refractivity contribution >= 4 is 21.4 Å². The summed E-state index contributed by atoms with van der Waals surface area (Å²) >= 11 is 0. The van der Waals surface area contributed by atoms with Crippen LogP contribution in [0.4, 0.5) is 5.69 Å². The Kier molecular flexibility index (Phi) is 5.80. The monoisotopic (exact) mass is 465 g/mol. The van der Waals surface area contributed by atoms with Crippen LogP contribution in [-0.2, 0) is 16.4 Å². The van der Waals surface area contributed by atoms with Gasteiger partial charge in [0, 0.05) is 42.4 Å². The molecule has 0 unspecified atom stereocenters.